The van der Waals surface area contributed by atoms with Crippen LogP contribution in [0, 0.1) is 0 Å². The standard InChI is InChI=1S/C22H17N3O3S2/c26-18(16-8-3-1-4-9-16)14-28-20(27)15-30-22-24-23-21(19-12-7-13-29-19)25(22)17-10-5-2-6-11-17/h1-13H,14-15H2. The molecule has 2 aromatic heterocycles. The van der Waals surface area contributed by atoms with Crippen molar-refractivity contribution in [2.24, 2.45) is 0 Å². The van der Waals surface area contributed by atoms with Crippen molar-refractivity contribution >= 4 is 34.9 Å². The summed E-state index contributed by atoms with van der Waals surface area (Å²) < 4.78 is 7.06. The predicted molar refractivity (Wildman–Crippen MR) is 117 cm³/mol. The lowest BCUT2D eigenvalue weighted by Crippen LogP contribution is -2.15. The number of benzene rings is 2. The van der Waals surface area contributed by atoms with Gasteiger partial charge < -0.3 is 4.74 Å². The molecule has 0 radical (unpaired) electrons. The summed E-state index contributed by atoms with van der Waals surface area (Å²) in [5.41, 5.74) is 1.42. The second-order valence-electron chi connectivity index (χ2n) is 6.19. The zero-order valence-electron chi connectivity index (χ0n) is 15.8. The number of Topliss-reactive ketones (excluding diaryl/α,β-unsaturated/α-hetero) is 1. The molecule has 6 nitrogen and oxygen atoms in total. The zero-order chi connectivity index (χ0) is 20.8. The highest BCUT2D eigenvalue weighted by molar-refractivity contribution is 7.99. The fraction of sp³-hybridized carbons (Fsp3) is 0.0909. The summed E-state index contributed by atoms with van der Waals surface area (Å²) in [4.78, 5) is 25.3. The van der Waals surface area contributed by atoms with E-state index in [1.165, 1.54) is 11.8 Å². The molecule has 0 amide bonds. The number of para-hydroxylation sites is 1. The summed E-state index contributed by atoms with van der Waals surface area (Å²) in [7, 11) is 0. The maximum Gasteiger partial charge on any atom is 0.316 e. The van der Waals surface area contributed by atoms with Gasteiger partial charge in [0.1, 0.15) is 0 Å². The Balaban J connectivity index is 1.44. The molecule has 0 unspecified atom stereocenters. The van der Waals surface area contributed by atoms with Gasteiger partial charge >= 0.3 is 5.97 Å². The summed E-state index contributed by atoms with van der Waals surface area (Å²) in [5.74, 6) is 0.0227. The van der Waals surface area contributed by atoms with Crippen LogP contribution in [0.2, 0.25) is 0 Å². The van der Waals surface area contributed by atoms with E-state index in [0.717, 1.165) is 10.6 Å². The van der Waals surface area contributed by atoms with Gasteiger partial charge in [-0.25, -0.2) is 0 Å². The second-order valence-corrected chi connectivity index (χ2v) is 8.08. The summed E-state index contributed by atoms with van der Waals surface area (Å²) in [5, 5.41) is 11.2. The SMILES string of the molecule is O=C(CSc1nnc(-c2cccs2)n1-c1ccccc1)OCC(=O)c1ccccc1. The Morgan fingerprint density at radius 1 is 0.933 bits per heavy atom. The van der Waals surface area contributed by atoms with Gasteiger partial charge in [0.05, 0.1) is 10.6 Å². The predicted octanol–water partition coefficient (Wildman–Crippen LogP) is 4.51. The first-order valence-electron chi connectivity index (χ1n) is 9.14. The van der Waals surface area contributed by atoms with Gasteiger partial charge in [0.25, 0.3) is 0 Å². The molecule has 0 fully saturated rings. The number of carbonyl (C=O) groups is 2. The van der Waals surface area contributed by atoms with E-state index in [1.807, 2.05) is 58.5 Å². The highest BCUT2D eigenvalue weighted by Crippen LogP contribution is 2.30. The van der Waals surface area contributed by atoms with E-state index in [2.05, 4.69) is 10.2 Å². The van der Waals surface area contributed by atoms with Crippen molar-refractivity contribution in [3.8, 4) is 16.4 Å². The van der Waals surface area contributed by atoms with Crippen LogP contribution in [0.4, 0.5) is 0 Å². The molecule has 2 heterocycles. The molecule has 30 heavy (non-hydrogen) atoms. The third-order valence-electron chi connectivity index (χ3n) is 4.17. The van der Waals surface area contributed by atoms with E-state index < -0.39 is 5.97 Å². The lowest BCUT2D eigenvalue weighted by atomic mass is 10.1. The Labute approximate surface area is 181 Å². The van der Waals surface area contributed by atoms with Crippen molar-refractivity contribution in [2.45, 2.75) is 5.16 Å². The van der Waals surface area contributed by atoms with Crippen molar-refractivity contribution in [1.29, 1.82) is 0 Å². The highest BCUT2D eigenvalue weighted by Gasteiger charge is 2.18. The molecule has 0 saturated carbocycles. The Hall–Kier alpha value is -3.23. The Bertz CT molecular complexity index is 1130. The quantitative estimate of drug-likeness (QED) is 0.230. The van der Waals surface area contributed by atoms with E-state index >= 15 is 0 Å². The third-order valence-corrected chi connectivity index (χ3v) is 5.94. The molecule has 0 atom stereocenters. The molecular formula is C22H17N3O3S2. The number of rotatable bonds is 8. The molecule has 4 rings (SSSR count). The number of nitrogens with zero attached hydrogens (tertiary/aromatic N) is 3. The van der Waals surface area contributed by atoms with E-state index in [4.69, 9.17) is 4.74 Å². The van der Waals surface area contributed by atoms with Crippen LogP contribution >= 0.6 is 23.1 Å². The molecule has 0 aliphatic carbocycles. The lowest BCUT2D eigenvalue weighted by molar-refractivity contribution is -0.139. The number of hydrogen-bond acceptors (Lipinski definition) is 7. The maximum atomic E-state index is 12.2. The molecule has 0 aliphatic heterocycles. The number of thiophene rings is 1. The van der Waals surface area contributed by atoms with Crippen molar-refractivity contribution in [1.82, 2.24) is 14.8 Å². The number of ketones is 1. The van der Waals surface area contributed by atoms with Crippen LogP contribution < -0.4 is 0 Å². The number of carbonyl (C=O) groups excluding carboxylic acids is 2. The maximum absolute atomic E-state index is 12.2. The summed E-state index contributed by atoms with van der Waals surface area (Å²) in [6.45, 7) is -0.283. The minimum Gasteiger partial charge on any atom is -0.457 e. The Morgan fingerprint density at radius 3 is 2.37 bits per heavy atom. The van der Waals surface area contributed by atoms with Gasteiger partial charge in [0.2, 0.25) is 0 Å². The van der Waals surface area contributed by atoms with Gasteiger partial charge in [-0.05, 0) is 23.6 Å². The molecular weight excluding hydrogens is 418 g/mol. The molecule has 4 aromatic rings. The number of ether oxygens (including phenoxy) is 1. The molecule has 0 spiro atoms. The third kappa shape index (κ3) is 4.67. The summed E-state index contributed by atoms with van der Waals surface area (Å²) in [6, 6.07) is 22.4. The summed E-state index contributed by atoms with van der Waals surface area (Å²) >= 11 is 2.79. The Morgan fingerprint density at radius 2 is 1.67 bits per heavy atom. The number of esters is 1. The van der Waals surface area contributed by atoms with Gasteiger partial charge in [0, 0.05) is 11.3 Å². The van der Waals surface area contributed by atoms with Crippen LogP contribution in [-0.2, 0) is 9.53 Å². The number of thioether (sulfide) groups is 1. The number of aromatic nitrogens is 3. The largest absolute Gasteiger partial charge is 0.457 e. The van der Waals surface area contributed by atoms with Gasteiger partial charge in [-0.1, -0.05) is 66.4 Å². The van der Waals surface area contributed by atoms with E-state index in [9.17, 15) is 9.59 Å². The molecule has 0 saturated heterocycles. The van der Waals surface area contributed by atoms with Crippen LogP contribution in [0.15, 0.2) is 83.3 Å². The van der Waals surface area contributed by atoms with Crippen LogP contribution in [-0.4, -0.2) is 38.9 Å². The van der Waals surface area contributed by atoms with Gasteiger partial charge in [0.15, 0.2) is 23.4 Å². The van der Waals surface area contributed by atoms with Crippen LogP contribution in [0.25, 0.3) is 16.4 Å². The van der Waals surface area contributed by atoms with Crippen molar-refractivity contribution in [3.05, 3.63) is 83.7 Å². The number of hydrogen-bond donors (Lipinski definition) is 0. The lowest BCUT2D eigenvalue weighted by Gasteiger charge is -2.09. The first kappa shape index (κ1) is 20.1. The molecule has 0 aliphatic rings. The van der Waals surface area contributed by atoms with Gasteiger partial charge in [-0.15, -0.1) is 21.5 Å². The molecule has 8 heteroatoms. The molecule has 0 bridgehead atoms. The van der Waals surface area contributed by atoms with Crippen molar-refractivity contribution in [2.75, 3.05) is 12.4 Å². The van der Waals surface area contributed by atoms with E-state index in [-0.39, 0.29) is 18.1 Å². The average Bonchev–Trinajstić information content (AvgIpc) is 3.47. The van der Waals surface area contributed by atoms with Crippen LogP contribution in [0.1, 0.15) is 10.4 Å². The highest BCUT2D eigenvalue weighted by atomic mass is 32.2. The first-order valence-corrected chi connectivity index (χ1v) is 11.0. The molecule has 2 aromatic carbocycles. The van der Waals surface area contributed by atoms with E-state index in [0.29, 0.717) is 16.5 Å². The summed E-state index contributed by atoms with van der Waals surface area (Å²) in [6.07, 6.45) is 0. The molecule has 150 valence electrons. The normalized spacial score (nSPS) is 10.7. The first-order chi connectivity index (χ1) is 14.7. The minimum absolute atomic E-state index is 0.0253. The monoisotopic (exact) mass is 435 g/mol. The second kappa shape index (κ2) is 9.51. The van der Waals surface area contributed by atoms with Crippen molar-refractivity contribution < 1.29 is 14.3 Å². The fourth-order valence-electron chi connectivity index (χ4n) is 2.76. The molecule has 0 N–H and O–H groups in total. The average molecular weight is 436 g/mol. The zero-order valence-corrected chi connectivity index (χ0v) is 17.4. The van der Waals surface area contributed by atoms with E-state index in [1.54, 1.807) is 35.6 Å². The van der Waals surface area contributed by atoms with Crippen molar-refractivity contribution in [3.63, 3.8) is 0 Å². The van der Waals surface area contributed by atoms with Crippen LogP contribution in [0.3, 0.4) is 0 Å². The minimum atomic E-state index is -0.482. The van der Waals surface area contributed by atoms with Gasteiger partial charge in [-0.2, -0.15) is 0 Å². The van der Waals surface area contributed by atoms with Gasteiger partial charge in [-0.3, -0.25) is 14.2 Å². The topological polar surface area (TPSA) is 74.1 Å². The fourth-order valence-corrected chi connectivity index (χ4v) is 4.21. The Kier molecular flexibility index (Phi) is 6.36. The van der Waals surface area contributed by atoms with Crippen LogP contribution in [0.5, 0.6) is 0 Å². The smallest absolute Gasteiger partial charge is 0.316 e.